The van der Waals surface area contributed by atoms with Gasteiger partial charge in [0.15, 0.2) is 0 Å². The third-order valence-corrected chi connectivity index (χ3v) is 3.33. The third kappa shape index (κ3) is 3.25. The van der Waals surface area contributed by atoms with Crippen LogP contribution in [0.1, 0.15) is 18.1 Å². The summed E-state index contributed by atoms with van der Waals surface area (Å²) in [5.41, 5.74) is 7.76. The molecule has 0 bridgehead atoms. The molecule has 0 saturated heterocycles. The molecule has 0 aliphatic rings. The second-order valence-electron chi connectivity index (χ2n) is 4.43. The fourth-order valence-electron chi connectivity index (χ4n) is 1.82. The van der Waals surface area contributed by atoms with Crippen LogP contribution in [0.4, 0.5) is 0 Å². The van der Waals surface area contributed by atoms with Crippen molar-refractivity contribution >= 4 is 23.2 Å². The zero-order valence-electron chi connectivity index (χ0n) is 10.1. The Morgan fingerprint density at radius 1 is 1.33 bits per heavy atom. The zero-order chi connectivity index (χ0) is 13.1. The fourth-order valence-corrected chi connectivity index (χ4v) is 2.33. The highest BCUT2D eigenvalue weighted by Crippen LogP contribution is 2.24. The minimum absolute atomic E-state index is 0.131. The fraction of sp³-hybridized carbons (Fsp3) is 0.308. The van der Waals surface area contributed by atoms with Crippen molar-refractivity contribution < 1.29 is 0 Å². The van der Waals surface area contributed by atoms with Gasteiger partial charge in [0.1, 0.15) is 0 Å². The van der Waals surface area contributed by atoms with Gasteiger partial charge in [-0.15, -0.1) is 0 Å². The molecule has 0 amide bonds. The molecule has 1 aromatic carbocycles. The first-order chi connectivity index (χ1) is 8.56. The predicted molar refractivity (Wildman–Crippen MR) is 75.1 cm³/mol. The summed E-state index contributed by atoms with van der Waals surface area (Å²) in [5, 5.41) is 5.61. The molecule has 0 aliphatic carbocycles. The first-order valence-electron chi connectivity index (χ1n) is 5.76. The van der Waals surface area contributed by atoms with E-state index in [1.54, 1.807) is 0 Å². The summed E-state index contributed by atoms with van der Waals surface area (Å²) < 4.78 is 1.82. The molecule has 1 unspecified atom stereocenters. The Morgan fingerprint density at radius 3 is 2.61 bits per heavy atom. The van der Waals surface area contributed by atoms with Crippen LogP contribution in [0.3, 0.4) is 0 Å². The van der Waals surface area contributed by atoms with Crippen LogP contribution in [0.25, 0.3) is 0 Å². The summed E-state index contributed by atoms with van der Waals surface area (Å²) in [7, 11) is 0. The summed E-state index contributed by atoms with van der Waals surface area (Å²) in [6.45, 7) is 2.54. The molecule has 0 spiro atoms. The van der Waals surface area contributed by atoms with Crippen LogP contribution < -0.4 is 5.73 Å². The van der Waals surface area contributed by atoms with Crippen molar-refractivity contribution in [3.8, 4) is 0 Å². The molecular weight excluding hydrogens is 269 g/mol. The first kappa shape index (κ1) is 13.4. The Hall–Kier alpha value is -1.03. The van der Waals surface area contributed by atoms with Gasteiger partial charge < -0.3 is 5.73 Å². The highest BCUT2D eigenvalue weighted by atomic mass is 35.5. The molecule has 3 nitrogen and oxygen atoms in total. The number of nitrogens with two attached hydrogens (primary N) is 1. The van der Waals surface area contributed by atoms with Gasteiger partial charge in [0.05, 0.1) is 12.7 Å². The highest BCUT2D eigenvalue weighted by Gasteiger charge is 2.08. The van der Waals surface area contributed by atoms with Gasteiger partial charge in [-0.1, -0.05) is 29.3 Å². The highest BCUT2D eigenvalue weighted by molar-refractivity contribution is 6.35. The van der Waals surface area contributed by atoms with E-state index in [1.807, 2.05) is 42.2 Å². The average molecular weight is 284 g/mol. The van der Waals surface area contributed by atoms with E-state index in [2.05, 4.69) is 5.10 Å². The van der Waals surface area contributed by atoms with E-state index in [4.69, 9.17) is 28.9 Å². The van der Waals surface area contributed by atoms with Crippen LogP contribution >= 0.6 is 23.2 Å². The molecule has 2 N–H and O–H groups in total. The Labute approximate surface area is 117 Å². The molecule has 1 aromatic heterocycles. The van der Waals surface area contributed by atoms with Crippen LogP contribution in [0, 0.1) is 0 Å². The van der Waals surface area contributed by atoms with E-state index in [0.29, 0.717) is 16.6 Å². The summed E-state index contributed by atoms with van der Waals surface area (Å²) in [6.07, 6.45) is 4.62. The minimum atomic E-state index is 0.131. The van der Waals surface area contributed by atoms with Gasteiger partial charge in [0.2, 0.25) is 0 Å². The maximum Gasteiger partial charge on any atom is 0.0688 e. The number of rotatable bonds is 4. The average Bonchev–Trinajstić information content (AvgIpc) is 2.70. The Bertz CT molecular complexity index is 515. The largest absolute Gasteiger partial charge is 0.328 e. The van der Waals surface area contributed by atoms with E-state index in [9.17, 15) is 0 Å². The number of hydrogen-bond acceptors (Lipinski definition) is 2. The number of halogens is 2. The van der Waals surface area contributed by atoms with Crippen molar-refractivity contribution in [2.75, 3.05) is 0 Å². The molecule has 0 aliphatic heterocycles. The predicted octanol–water partition coefficient (Wildman–Crippen LogP) is 3.13. The normalized spacial score (nSPS) is 12.7. The summed E-state index contributed by atoms with van der Waals surface area (Å²) >= 11 is 12.2. The SMILES string of the molecule is CC(N)Cc1cnn(Cc2c(Cl)cccc2Cl)c1. The molecule has 2 rings (SSSR count). The maximum absolute atomic E-state index is 6.12. The van der Waals surface area contributed by atoms with Crippen molar-refractivity contribution in [1.82, 2.24) is 9.78 Å². The van der Waals surface area contributed by atoms with Crippen LogP contribution in [0.2, 0.25) is 10.0 Å². The lowest BCUT2D eigenvalue weighted by Gasteiger charge is -2.06. The summed E-state index contributed by atoms with van der Waals surface area (Å²) in [4.78, 5) is 0. The second-order valence-corrected chi connectivity index (χ2v) is 5.24. The van der Waals surface area contributed by atoms with Crippen molar-refractivity contribution in [1.29, 1.82) is 0 Å². The minimum Gasteiger partial charge on any atom is -0.328 e. The quantitative estimate of drug-likeness (QED) is 0.937. The molecule has 1 heterocycles. The van der Waals surface area contributed by atoms with Gasteiger partial charge in [0.25, 0.3) is 0 Å². The topological polar surface area (TPSA) is 43.8 Å². The molecular formula is C13H15Cl2N3. The molecule has 0 radical (unpaired) electrons. The maximum atomic E-state index is 6.12. The van der Waals surface area contributed by atoms with E-state index in [0.717, 1.165) is 17.5 Å². The molecule has 0 fully saturated rings. The zero-order valence-corrected chi connectivity index (χ0v) is 11.6. The number of aromatic nitrogens is 2. The van der Waals surface area contributed by atoms with Crippen LogP contribution in [0.15, 0.2) is 30.6 Å². The molecule has 0 saturated carbocycles. The number of hydrogen-bond donors (Lipinski definition) is 1. The second kappa shape index (κ2) is 5.74. The lowest BCUT2D eigenvalue weighted by molar-refractivity contribution is 0.684. The van der Waals surface area contributed by atoms with Crippen molar-refractivity contribution in [3.63, 3.8) is 0 Å². The van der Waals surface area contributed by atoms with Gasteiger partial charge in [-0.2, -0.15) is 5.10 Å². The molecule has 1 atom stereocenters. The van der Waals surface area contributed by atoms with Gasteiger partial charge in [-0.05, 0) is 31.0 Å². The lowest BCUT2D eigenvalue weighted by atomic mass is 10.1. The Morgan fingerprint density at radius 2 is 2.00 bits per heavy atom. The van der Waals surface area contributed by atoms with E-state index in [1.165, 1.54) is 0 Å². The molecule has 96 valence electrons. The van der Waals surface area contributed by atoms with Crippen molar-refractivity contribution in [2.45, 2.75) is 25.9 Å². The van der Waals surface area contributed by atoms with Crippen molar-refractivity contribution in [3.05, 3.63) is 51.8 Å². The lowest BCUT2D eigenvalue weighted by Crippen LogP contribution is -2.17. The van der Waals surface area contributed by atoms with Crippen molar-refractivity contribution in [2.24, 2.45) is 5.73 Å². The molecule has 18 heavy (non-hydrogen) atoms. The number of benzene rings is 1. The van der Waals surface area contributed by atoms with Crippen LogP contribution in [0.5, 0.6) is 0 Å². The third-order valence-electron chi connectivity index (χ3n) is 2.63. The monoisotopic (exact) mass is 283 g/mol. The Kier molecular flexibility index (Phi) is 4.27. The van der Waals surface area contributed by atoms with Gasteiger partial charge in [-0.25, -0.2) is 0 Å². The van der Waals surface area contributed by atoms with Gasteiger partial charge >= 0.3 is 0 Å². The molecule has 5 heteroatoms. The van der Waals surface area contributed by atoms with E-state index < -0.39 is 0 Å². The van der Waals surface area contributed by atoms with E-state index in [-0.39, 0.29) is 6.04 Å². The van der Waals surface area contributed by atoms with E-state index >= 15 is 0 Å². The van der Waals surface area contributed by atoms with Crippen LogP contribution in [-0.4, -0.2) is 15.8 Å². The van der Waals surface area contributed by atoms with Crippen LogP contribution in [-0.2, 0) is 13.0 Å². The Balaban J connectivity index is 2.16. The summed E-state index contributed by atoms with van der Waals surface area (Å²) in [6, 6.07) is 5.62. The molecule has 2 aromatic rings. The summed E-state index contributed by atoms with van der Waals surface area (Å²) in [5.74, 6) is 0. The van der Waals surface area contributed by atoms with Gasteiger partial charge in [-0.3, -0.25) is 4.68 Å². The van der Waals surface area contributed by atoms with Gasteiger partial charge in [0, 0.05) is 27.8 Å². The standard InChI is InChI=1S/C13H15Cl2N3/c1-9(16)5-10-6-17-18(7-10)8-11-12(14)3-2-4-13(11)15/h2-4,6-7,9H,5,8,16H2,1H3. The number of nitrogens with zero attached hydrogens (tertiary/aromatic N) is 2. The smallest absolute Gasteiger partial charge is 0.0688 e. The first-order valence-corrected chi connectivity index (χ1v) is 6.51.